The van der Waals surface area contributed by atoms with Crippen molar-refractivity contribution in [2.24, 2.45) is 0 Å². The van der Waals surface area contributed by atoms with Crippen LogP contribution in [-0.4, -0.2) is 56.6 Å². The Kier molecular flexibility index (Phi) is 4.13. The van der Waals surface area contributed by atoms with Crippen LogP contribution in [0.1, 0.15) is 5.56 Å². The van der Waals surface area contributed by atoms with Gasteiger partial charge in [-0.05, 0) is 6.07 Å². The second-order valence-corrected chi connectivity index (χ2v) is 5.46. The molecular formula is C14H16ClNO6. The average molecular weight is 330 g/mol. The van der Waals surface area contributed by atoms with Crippen molar-refractivity contribution in [3.63, 3.8) is 0 Å². The number of benzene rings is 1. The maximum Gasteiger partial charge on any atom is 0.207 e. The van der Waals surface area contributed by atoms with Crippen molar-refractivity contribution in [2.45, 2.75) is 30.2 Å². The summed E-state index contributed by atoms with van der Waals surface area (Å²) in [6.45, 7) is -0.574. The molecule has 5 N–H and O–H groups in total. The van der Waals surface area contributed by atoms with E-state index in [9.17, 15) is 20.4 Å². The number of aromatic nitrogens is 1. The summed E-state index contributed by atoms with van der Waals surface area (Å²) in [4.78, 5) is 2.96. The molecule has 0 bridgehead atoms. The summed E-state index contributed by atoms with van der Waals surface area (Å²) in [6, 6.07) is 7.10. The number of para-hydroxylation sites is 1. The number of H-pyrrole nitrogens is 1. The van der Waals surface area contributed by atoms with Gasteiger partial charge in [-0.15, -0.1) is 0 Å². The van der Waals surface area contributed by atoms with E-state index in [0.29, 0.717) is 5.39 Å². The molecule has 1 aliphatic heterocycles. The van der Waals surface area contributed by atoms with Crippen LogP contribution in [0.3, 0.4) is 0 Å². The van der Waals surface area contributed by atoms with Crippen LogP contribution in [0.4, 0.5) is 0 Å². The molecule has 0 saturated carbocycles. The third kappa shape index (κ3) is 2.14. The normalized spacial score (nSPS) is 35.9. The fourth-order valence-electron chi connectivity index (χ4n) is 2.92. The molecule has 120 valence electrons. The van der Waals surface area contributed by atoms with Gasteiger partial charge in [0.25, 0.3) is 0 Å². The number of hydrogen-bond donors (Lipinski definition) is 5. The Balaban J connectivity index is 2.15. The SMILES string of the molecule is OC[C@H]1O[C@@H](OCl)[C@H](O)[C@](O)(c2c[nH]c3ccccc23)[C@H]1O. The van der Waals surface area contributed by atoms with Gasteiger partial charge in [0.2, 0.25) is 6.29 Å². The molecule has 1 fully saturated rings. The Bertz CT molecular complexity index is 646. The summed E-state index contributed by atoms with van der Waals surface area (Å²) in [5.41, 5.74) is -1.13. The fourth-order valence-corrected chi connectivity index (χ4v) is 3.06. The maximum atomic E-state index is 11.0. The molecule has 1 aromatic carbocycles. The molecule has 3 rings (SSSR count). The van der Waals surface area contributed by atoms with Crippen LogP contribution >= 0.6 is 11.9 Å². The number of aromatic amines is 1. The fraction of sp³-hybridized carbons (Fsp3) is 0.429. The first-order valence-corrected chi connectivity index (χ1v) is 7.03. The average Bonchev–Trinajstić information content (AvgIpc) is 2.98. The quantitative estimate of drug-likeness (QED) is 0.540. The van der Waals surface area contributed by atoms with E-state index in [-0.39, 0.29) is 5.56 Å². The van der Waals surface area contributed by atoms with Crippen LogP contribution in [-0.2, 0) is 14.6 Å². The Morgan fingerprint density at radius 1 is 1.27 bits per heavy atom. The Labute approximate surface area is 130 Å². The molecule has 0 radical (unpaired) electrons. The molecule has 8 heteroatoms. The van der Waals surface area contributed by atoms with E-state index in [1.807, 2.05) is 6.07 Å². The molecule has 7 nitrogen and oxygen atoms in total. The number of nitrogens with one attached hydrogen (secondary N) is 1. The van der Waals surface area contributed by atoms with Crippen molar-refractivity contribution in [1.82, 2.24) is 4.98 Å². The van der Waals surface area contributed by atoms with Gasteiger partial charge >= 0.3 is 0 Å². The monoisotopic (exact) mass is 329 g/mol. The number of ether oxygens (including phenoxy) is 1. The van der Waals surface area contributed by atoms with E-state index < -0.39 is 36.8 Å². The molecule has 1 aliphatic rings. The molecule has 2 aromatic rings. The molecule has 1 aromatic heterocycles. The first kappa shape index (κ1) is 15.7. The van der Waals surface area contributed by atoms with Crippen molar-refractivity contribution in [1.29, 1.82) is 0 Å². The van der Waals surface area contributed by atoms with Crippen LogP contribution < -0.4 is 0 Å². The van der Waals surface area contributed by atoms with Crippen LogP contribution in [0, 0.1) is 0 Å². The predicted octanol–water partition coefficient (Wildman–Crippen LogP) is -0.0351. The van der Waals surface area contributed by atoms with Gasteiger partial charge in [0.1, 0.15) is 18.3 Å². The minimum absolute atomic E-state index is 0.267. The highest BCUT2D eigenvalue weighted by molar-refractivity contribution is 6.07. The van der Waals surface area contributed by atoms with E-state index in [0.717, 1.165) is 5.52 Å². The number of aliphatic hydroxyl groups is 4. The lowest BCUT2D eigenvalue weighted by Crippen LogP contribution is -2.65. The van der Waals surface area contributed by atoms with Crippen LogP contribution in [0.15, 0.2) is 30.5 Å². The molecule has 2 heterocycles. The topological polar surface area (TPSA) is 115 Å². The summed E-state index contributed by atoms with van der Waals surface area (Å²) in [5, 5.41) is 41.7. The molecule has 0 amide bonds. The van der Waals surface area contributed by atoms with E-state index in [2.05, 4.69) is 9.27 Å². The Morgan fingerprint density at radius 2 is 2.00 bits per heavy atom. The van der Waals surface area contributed by atoms with Gasteiger partial charge in [0.15, 0.2) is 5.60 Å². The van der Waals surface area contributed by atoms with E-state index in [4.69, 9.17) is 16.6 Å². The zero-order valence-corrected chi connectivity index (χ0v) is 12.1. The number of hydrogen-bond acceptors (Lipinski definition) is 6. The summed E-state index contributed by atoms with van der Waals surface area (Å²) in [5.74, 6) is 0. The zero-order valence-electron chi connectivity index (χ0n) is 11.4. The van der Waals surface area contributed by atoms with Gasteiger partial charge < -0.3 is 30.1 Å². The van der Waals surface area contributed by atoms with Gasteiger partial charge in [-0.25, -0.2) is 4.29 Å². The van der Waals surface area contributed by atoms with Crippen LogP contribution in [0.5, 0.6) is 0 Å². The van der Waals surface area contributed by atoms with Crippen molar-refractivity contribution in [3.05, 3.63) is 36.0 Å². The minimum Gasteiger partial charge on any atom is -0.394 e. The maximum absolute atomic E-state index is 11.0. The van der Waals surface area contributed by atoms with Crippen molar-refractivity contribution in [2.75, 3.05) is 6.61 Å². The number of aliphatic hydroxyl groups excluding tert-OH is 3. The van der Waals surface area contributed by atoms with Gasteiger partial charge in [-0.2, -0.15) is 0 Å². The Hall–Kier alpha value is -1.19. The summed E-state index contributed by atoms with van der Waals surface area (Å²) in [6.07, 6.45) is -4.30. The standard InChI is InChI=1S/C14H16ClNO6/c15-22-13-12(19)14(20,11(18)10(6-17)21-13)8-5-16-9-4-2-1-3-7(8)9/h1-5,10-13,16-20H,6H2/t10-,11+,12+,13+,14+/m1/s1. The molecular weight excluding hydrogens is 314 g/mol. The highest BCUT2D eigenvalue weighted by atomic mass is 35.5. The molecule has 5 atom stereocenters. The molecule has 1 saturated heterocycles. The first-order valence-electron chi connectivity index (χ1n) is 6.72. The summed E-state index contributed by atoms with van der Waals surface area (Å²) >= 11 is 5.28. The predicted molar refractivity (Wildman–Crippen MR) is 76.9 cm³/mol. The van der Waals surface area contributed by atoms with Gasteiger partial charge in [-0.1, -0.05) is 18.2 Å². The second-order valence-electron chi connectivity index (χ2n) is 5.28. The number of halogens is 1. The van der Waals surface area contributed by atoms with Crippen molar-refractivity contribution in [3.8, 4) is 0 Å². The van der Waals surface area contributed by atoms with Crippen molar-refractivity contribution >= 4 is 22.8 Å². The van der Waals surface area contributed by atoms with E-state index in [1.54, 1.807) is 18.2 Å². The minimum atomic E-state index is -2.12. The molecule has 0 aliphatic carbocycles. The molecule has 0 unspecified atom stereocenters. The highest BCUT2D eigenvalue weighted by Crippen LogP contribution is 2.41. The molecule has 22 heavy (non-hydrogen) atoms. The lowest BCUT2D eigenvalue weighted by atomic mass is 9.78. The second kappa shape index (κ2) is 5.78. The van der Waals surface area contributed by atoms with Gasteiger partial charge in [0.05, 0.1) is 18.5 Å². The van der Waals surface area contributed by atoms with Crippen LogP contribution in [0.25, 0.3) is 10.9 Å². The van der Waals surface area contributed by atoms with E-state index >= 15 is 0 Å². The third-order valence-electron chi connectivity index (χ3n) is 4.11. The van der Waals surface area contributed by atoms with Gasteiger partial charge in [0, 0.05) is 22.7 Å². The Morgan fingerprint density at radius 3 is 2.68 bits per heavy atom. The highest BCUT2D eigenvalue weighted by Gasteiger charge is 2.57. The third-order valence-corrected chi connectivity index (χ3v) is 4.28. The zero-order chi connectivity index (χ0) is 15.9. The smallest absolute Gasteiger partial charge is 0.207 e. The van der Waals surface area contributed by atoms with E-state index in [1.165, 1.54) is 6.20 Å². The number of rotatable bonds is 3. The summed E-state index contributed by atoms with van der Waals surface area (Å²) < 4.78 is 9.64. The van der Waals surface area contributed by atoms with Crippen molar-refractivity contribution < 1.29 is 29.5 Å². The lowest BCUT2D eigenvalue weighted by Gasteiger charge is -2.46. The largest absolute Gasteiger partial charge is 0.394 e. The van der Waals surface area contributed by atoms with Gasteiger partial charge in [-0.3, -0.25) is 0 Å². The number of fused-ring (bicyclic) bond motifs is 1. The summed E-state index contributed by atoms with van der Waals surface area (Å²) in [7, 11) is 0. The first-order chi connectivity index (χ1) is 10.5. The molecule has 0 spiro atoms. The van der Waals surface area contributed by atoms with Crippen LogP contribution in [0.2, 0.25) is 0 Å². The lowest BCUT2D eigenvalue weighted by molar-refractivity contribution is -0.318.